The molecule has 0 saturated heterocycles. The van der Waals surface area contributed by atoms with E-state index >= 15 is 0 Å². The van der Waals surface area contributed by atoms with E-state index in [0.717, 1.165) is 22.0 Å². The van der Waals surface area contributed by atoms with Crippen molar-refractivity contribution in [2.45, 2.75) is 38.1 Å². The van der Waals surface area contributed by atoms with Crippen molar-refractivity contribution in [2.75, 3.05) is 24.6 Å². The smallest absolute Gasteiger partial charge is 0.264 e. The number of rotatable bonds is 12. The molecule has 0 spiro atoms. The van der Waals surface area contributed by atoms with Crippen LogP contribution in [-0.4, -0.2) is 34.6 Å². The second-order valence-electron chi connectivity index (χ2n) is 8.92. The highest BCUT2D eigenvalue weighted by molar-refractivity contribution is 7.92. The first-order chi connectivity index (χ1) is 17.6. The van der Waals surface area contributed by atoms with E-state index in [1.54, 1.807) is 19.2 Å². The molecule has 1 N–H and O–H groups in total. The van der Waals surface area contributed by atoms with Gasteiger partial charge in [0.15, 0.2) is 0 Å². The summed E-state index contributed by atoms with van der Waals surface area (Å²) in [5, 5.41) is 2.98. The lowest BCUT2D eigenvalue weighted by Gasteiger charge is -2.26. The Bertz CT molecular complexity index is 1260. The van der Waals surface area contributed by atoms with Crippen LogP contribution in [0.15, 0.2) is 77.7 Å². The van der Waals surface area contributed by atoms with E-state index < -0.39 is 28.3 Å². The zero-order valence-corrected chi connectivity index (χ0v) is 22.3. The molecule has 3 rings (SSSR count). The van der Waals surface area contributed by atoms with Crippen LogP contribution in [0.5, 0.6) is 11.5 Å². The average molecular weight is 529 g/mol. The monoisotopic (exact) mass is 528 g/mol. The number of hydrogen-bond donors (Lipinski definition) is 1. The Morgan fingerprint density at radius 2 is 1.54 bits per heavy atom. The molecule has 3 aromatic rings. The van der Waals surface area contributed by atoms with Gasteiger partial charge in [-0.3, -0.25) is 9.10 Å². The van der Waals surface area contributed by atoms with Crippen molar-refractivity contribution in [1.82, 2.24) is 5.32 Å². The number of nitrogens with one attached hydrogen (secondary N) is 1. The van der Waals surface area contributed by atoms with E-state index in [2.05, 4.69) is 5.32 Å². The third-order valence-electron chi connectivity index (χ3n) is 5.69. The van der Waals surface area contributed by atoms with E-state index in [1.807, 2.05) is 45.0 Å². The van der Waals surface area contributed by atoms with Gasteiger partial charge in [-0.2, -0.15) is 0 Å². The van der Waals surface area contributed by atoms with Crippen LogP contribution in [0.3, 0.4) is 0 Å². The number of amides is 1. The molecular weight excluding hydrogens is 495 g/mol. The number of carbonyl (C=O) groups excluding carboxylic acids is 1. The molecule has 0 aromatic heterocycles. The Labute approximate surface area is 218 Å². The number of halogens is 1. The molecule has 0 radical (unpaired) electrons. The Kier molecular flexibility index (Phi) is 9.52. The lowest BCUT2D eigenvalue weighted by molar-refractivity contribution is -0.120. The number of anilines is 1. The van der Waals surface area contributed by atoms with Gasteiger partial charge in [0, 0.05) is 0 Å². The Hall–Kier alpha value is -3.59. The summed E-state index contributed by atoms with van der Waals surface area (Å²) < 4.78 is 52.5. The molecule has 0 heterocycles. The highest BCUT2D eigenvalue weighted by atomic mass is 32.2. The van der Waals surface area contributed by atoms with Crippen LogP contribution in [0.4, 0.5) is 10.1 Å². The van der Waals surface area contributed by atoms with Crippen LogP contribution in [0.2, 0.25) is 0 Å². The van der Waals surface area contributed by atoms with Gasteiger partial charge < -0.3 is 14.8 Å². The molecule has 0 bridgehead atoms. The SMILES string of the molecule is CCOc1ccc(S(=O)(=O)N(CC(=O)N[C@H](CC(C)C)c2ccc(OC)cc2)c2ccc(F)cc2)cc1. The Morgan fingerprint density at radius 1 is 0.946 bits per heavy atom. The van der Waals surface area contributed by atoms with Crippen LogP contribution >= 0.6 is 0 Å². The van der Waals surface area contributed by atoms with Gasteiger partial charge in [0.1, 0.15) is 23.9 Å². The Morgan fingerprint density at radius 3 is 2.08 bits per heavy atom. The second kappa shape index (κ2) is 12.6. The molecule has 0 saturated carbocycles. The number of nitrogens with zero attached hydrogens (tertiary/aromatic N) is 1. The zero-order chi connectivity index (χ0) is 27.0. The van der Waals surface area contributed by atoms with Crippen molar-refractivity contribution in [3.63, 3.8) is 0 Å². The maximum atomic E-state index is 13.6. The fourth-order valence-electron chi connectivity index (χ4n) is 3.88. The van der Waals surface area contributed by atoms with E-state index in [1.165, 1.54) is 24.3 Å². The second-order valence-corrected chi connectivity index (χ2v) is 10.8. The maximum absolute atomic E-state index is 13.6. The molecule has 0 aliphatic heterocycles. The van der Waals surface area contributed by atoms with E-state index in [9.17, 15) is 17.6 Å². The zero-order valence-electron chi connectivity index (χ0n) is 21.5. The number of methoxy groups -OCH3 is 1. The molecule has 1 atom stereocenters. The first kappa shape index (κ1) is 28.0. The highest BCUT2D eigenvalue weighted by Crippen LogP contribution is 2.27. The molecule has 0 unspecified atom stereocenters. The lowest BCUT2D eigenvalue weighted by Crippen LogP contribution is -2.42. The third kappa shape index (κ3) is 7.45. The van der Waals surface area contributed by atoms with E-state index in [-0.39, 0.29) is 22.5 Å². The maximum Gasteiger partial charge on any atom is 0.264 e. The molecule has 3 aromatic carbocycles. The minimum atomic E-state index is -4.15. The molecule has 198 valence electrons. The van der Waals surface area contributed by atoms with Crippen LogP contribution in [0.25, 0.3) is 0 Å². The van der Waals surface area contributed by atoms with Crippen LogP contribution < -0.4 is 19.1 Å². The predicted molar refractivity (Wildman–Crippen MR) is 142 cm³/mol. The van der Waals surface area contributed by atoms with Crippen LogP contribution in [0.1, 0.15) is 38.8 Å². The fourth-order valence-corrected chi connectivity index (χ4v) is 5.30. The van der Waals surface area contributed by atoms with Gasteiger partial charge in [0.2, 0.25) is 5.91 Å². The standard InChI is InChI=1S/C28H33FN2O5S/c1-5-36-25-14-16-26(17-15-25)37(33,34)31(23-10-8-22(29)9-11-23)19-28(32)30-27(18-20(2)3)21-6-12-24(35-4)13-7-21/h6-17,20,27H,5,18-19H2,1-4H3,(H,30,32)/t27-/m1/s1. The van der Waals surface area contributed by atoms with Gasteiger partial charge in [0.05, 0.1) is 30.3 Å². The van der Waals surface area contributed by atoms with Crippen molar-refractivity contribution in [2.24, 2.45) is 5.92 Å². The summed E-state index contributed by atoms with van der Waals surface area (Å²) in [5.41, 5.74) is 1.06. The van der Waals surface area contributed by atoms with E-state index in [4.69, 9.17) is 9.47 Å². The largest absolute Gasteiger partial charge is 0.497 e. The number of benzene rings is 3. The normalized spacial score (nSPS) is 12.2. The topological polar surface area (TPSA) is 84.9 Å². The summed E-state index contributed by atoms with van der Waals surface area (Å²) in [6.45, 7) is 5.89. The summed E-state index contributed by atoms with van der Waals surface area (Å²) >= 11 is 0. The van der Waals surface area contributed by atoms with Crippen molar-refractivity contribution in [3.05, 3.63) is 84.2 Å². The van der Waals surface area contributed by atoms with Crippen molar-refractivity contribution < 1.29 is 27.1 Å². The van der Waals surface area contributed by atoms with Crippen LogP contribution in [0, 0.1) is 11.7 Å². The van der Waals surface area contributed by atoms with Gasteiger partial charge in [-0.05, 0) is 85.5 Å². The Balaban J connectivity index is 1.90. The van der Waals surface area contributed by atoms with Crippen molar-refractivity contribution >= 4 is 21.6 Å². The van der Waals surface area contributed by atoms with Gasteiger partial charge in [-0.25, -0.2) is 12.8 Å². The van der Waals surface area contributed by atoms with Crippen LogP contribution in [-0.2, 0) is 14.8 Å². The molecule has 0 fully saturated rings. The number of carbonyl (C=O) groups is 1. The molecule has 1 amide bonds. The number of hydrogen-bond acceptors (Lipinski definition) is 5. The first-order valence-corrected chi connectivity index (χ1v) is 13.5. The van der Waals surface area contributed by atoms with Crippen molar-refractivity contribution in [3.8, 4) is 11.5 Å². The minimum Gasteiger partial charge on any atom is -0.497 e. The minimum absolute atomic E-state index is 0.0121. The highest BCUT2D eigenvalue weighted by Gasteiger charge is 2.28. The predicted octanol–water partition coefficient (Wildman–Crippen LogP) is 5.33. The van der Waals surface area contributed by atoms with Crippen molar-refractivity contribution in [1.29, 1.82) is 0 Å². The quantitative estimate of drug-likeness (QED) is 0.343. The number of sulfonamides is 1. The molecule has 37 heavy (non-hydrogen) atoms. The van der Waals surface area contributed by atoms with Gasteiger partial charge >= 0.3 is 0 Å². The number of ether oxygens (including phenoxy) is 2. The summed E-state index contributed by atoms with van der Waals surface area (Å²) in [6.07, 6.45) is 0.653. The van der Waals surface area contributed by atoms with E-state index in [0.29, 0.717) is 24.5 Å². The molecule has 9 heteroatoms. The summed E-state index contributed by atoms with van der Waals surface area (Å²) in [6, 6.07) is 18.0. The summed E-state index contributed by atoms with van der Waals surface area (Å²) in [5.74, 6) is 0.502. The fraction of sp³-hybridized carbons (Fsp3) is 0.321. The summed E-state index contributed by atoms with van der Waals surface area (Å²) in [4.78, 5) is 13.3. The molecule has 0 aliphatic rings. The lowest BCUT2D eigenvalue weighted by atomic mass is 9.97. The molecule has 7 nitrogen and oxygen atoms in total. The van der Waals surface area contributed by atoms with Gasteiger partial charge in [0.25, 0.3) is 10.0 Å². The molecule has 0 aliphatic carbocycles. The van der Waals surface area contributed by atoms with Gasteiger partial charge in [-0.1, -0.05) is 26.0 Å². The third-order valence-corrected chi connectivity index (χ3v) is 7.47. The van der Waals surface area contributed by atoms with Gasteiger partial charge in [-0.15, -0.1) is 0 Å². The summed E-state index contributed by atoms with van der Waals surface area (Å²) in [7, 11) is -2.57. The average Bonchev–Trinajstić information content (AvgIpc) is 2.88. The molecular formula is C28H33FN2O5S. The first-order valence-electron chi connectivity index (χ1n) is 12.1.